The van der Waals surface area contributed by atoms with Crippen LogP contribution in [0.2, 0.25) is 0 Å². The van der Waals surface area contributed by atoms with Gasteiger partial charge in [-0.2, -0.15) is 0 Å². The Morgan fingerprint density at radius 3 is 2.74 bits per heavy atom. The number of nitrogens with one attached hydrogen (secondary N) is 1. The van der Waals surface area contributed by atoms with E-state index in [1.165, 1.54) is 5.56 Å². The van der Waals surface area contributed by atoms with Crippen LogP contribution in [0.5, 0.6) is 5.75 Å². The second kappa shape index (κ2) is 7.48. The molecule has 4 nitrogen and oxygen atoms in total. The second-order valence-electron chi connectivity index (χ2n) is 4.81. The Bertz CT molecular complexity index is 366. The number of hydrogen-bond donors (Lipinski definition) is 1. The lowest BCUT2D eigenvalue weighted by atomic mass is 9.95. The third-order valence-corrected chi connectivity index (χ3v) is 3.55. The molecule has 0 spiro atoms. The number of rotatable bonds is 7. The van der Waals surface area contributed by atoms with E-state index in [0.29, 0.717) is 5.92 Å². The average molecular weight is 265 g/mol. The monoisotopic (exact) mass is 265 g/mol. The SMILES string of the molecule is COCCNCC1CCOC1c1ccc(OC)cc1. The summed E-state index contributed by atoms with van der Waals surface area (Å²) in [4.78, 5) is 0. The zero-order valence-electron chi connectivity index (χ0n) is 11.7. The van der Waals surface area contributed by atoms with Gasteiger partial charge in [0, 0.05) is 32.7 Å². The normalized spacial score (nSPS) is 22.6. The predicted molar refractivity (Wildman–Crippen MR) is 74.5 cm³/mol. The average Bonchev–Trinajstić information content (AvgIpc) is 2.92. The van der Waals surface area contributed by atoms with Crippen LogP contribution in [0.4, 0.5) is 0 Å². The Kier molecular flexibility index (Phi) is 5.63. The molecule has 1 fully saturated rings. The Labute approximate surface area is 115 Å². The fraction of sp³-hybridized carbons (Fsp3) is 0.600. The van der Waals surface area contributed by atoms with Crippen LogP contribution in [-0.4, -0.2) is 40.5 Å². The molecule has 0 bridgehead atoms. The molecule has 2 rings (SSSR count). The molecule has 19 heavy (non-hydrogen) atoms. The van der Waals surface area contributed by atoms with Crippen LogP contribution < -0.4 is 10.1 Å². The minimum absolute atomic E-state index is 0.195. The Balaban J connectivity index is 1.89. The van der Waals surface area contributed by atoms with Gasteiger partial charge in [-0.25, -0.2) is 0 Å². The van der Waals surface area contributed by atoms with Crippen LogP contribution in [0, 0.1) is 5.92 Å². The van der Waals surface area contributed by atoms with Gasteiger partial charge in [-0.3, -0.25) is 0 Å². The van der Waals surface area contributed by atoms with Crippen molar-refractivity contribution in [3.05, 3.63) is 29.8 Å². The Morgan fingerprint density at radius 1 is 1.26 bits per heavy atom. The van der Waals surface area contributed by atoms with E-state index in [0.717, 1.165) is 38.5 Å². The zero-order chi connectivity index (χ0) is 13.5. The quantitative estimate of drug-likeness (QED) is 0.766. The van der Waals surface area contributed by atoms with E-state index < -0.39 is 0 Å². The van der Waals surface area contributed by atoms with Gasteiger partial charge in [0.15, 0.2) is 0 Å². The Hall–Kier alpha value is -1.10. The summed E-state index contributed by atoms with van der Waals surface area (Å²) in [7, 11) is 3.41. The fourth-order valence-electron chi connectivity index (χ4n) is 2.47. The third-order valence-electron chi connectivity index (χ3n) is 3.55. The minimum Gasteiger partial charge on any atom is -0.497 e. The molecule has 1 heterocycles. The first-order valence-electron chi connectivity index (χ1n) is 6.80. The maximum Gasteiger partial charge on any atom is 0.118 e. The van der Waals surface area contributed by atoms with E-state index in [4.69, 9.17) is 14.2 Å². The largest absolute Gasteiger partial charge is 0.497 e. The molecule has 4 heteroatoms. The molecule has 106 valence electrons. The number of ether oxygens (including phenoxy) is 3. The molecule has 0 aromatic heterocycles. The first-order valence-corrected chi connectivity index (χ1v) is 6.80. The van der Waals surface area contributed by atoms with Crippen LogP contribution in [0.15, 0.2) is 24.3 Å². The first-order chi connectivity index (χ1) is 9.35. The van der Waals surface area contributed by atoms with Crippen LogP contribution in [0.3, 0.4) is 0 Å². The van der Waals surface area contributed by atoms with Crippen molar-refractivity contribution in [2.75, 3.05) is 40.5 Å². The molecule has 2 unspecified atom stereocenters. The van der Waals surface area contributed by atoms with E-state index in [1.807, 2.05) is 12.1 Å². The minimum atomic E-state index is 0.195. The maximum absolute atomic E-state index is 5.87. The van der Waals surface area contributed by atoms with Crippen molar-refractivity contribution in [1.82, 2.24) is 5.32 Å². The van der Waals surface area contributed by atoms with E-state index in [9.17, 15) is 0 Å². The lowest BCUT2D eigenvalue weighted by Crippen LogP contribution is -2.27. The molecule has 1 N–H and O–H groups in total. The summed E-state index contributed by atoms with van der Waals surface area (Å²) >= 11 is 0. The van der Waals surface area contributed by atoms with Crippen LogP contribution in [-0.2, 0) is 9.47 Å². The summed E-state index contributed by atoms with van der Waals surface area (Å²) in [6.07, 6.45) is 1.30. The van der Waals surface area contributed by atoms with Gasteiger partial charge in [0.05, 0.1) is 19.8 Å². The lowest BCUT2D eigenvalue weighted by Gasteiger charge is -2.19. The highest BCUT2D eigenvalue weighted by molar-refractivity contribution is 5.29. The highest BCUT2D eigenvalue weighted by atomic mass is 16.5. The molecule has 2 atom stereocenters. The summed E-state index contributed by atoms with van der Waals surface area (Å²) in [6.45, 7) is 3.45. The molecule has 1 aromatic carbocycles. The van der Waals surface area contributed by atoms with Crippen molar-refractivity contribution < 1.29 is 14.2 Å². The lowest BCUT2D eigenvalue weighted by molar-refractivity contribution is 0.0898. The summed E-state index contributed by atoms with van der Waals surface area (Å²) < 4.78 is 16.1. The van der Waals surface area contributed by atoms with Crippen LogP contribution in [0.25, 0.3) is 0 Å². The van der Waals surface area contributed by atoms with Gasteiger partial charge in [0.1, 0.15) is 5.75 Å². The van der Waals surface area contributed by atoms with Crippen LogP contribution >= 0.6 is 0 Å². The summed E-state index contributed by atoms with van der Waals surface area (Å²) in [5, 5.41) is 3.42. The number of methoxy groups -OCH3 is 2. The highest BCUT2D eigenvalue weighted by Gasteiger charge is 2.29. The van der Waals surface area contributed by atoms with E-state index >= 15 is 0 Å². The smallest absolute Gasteiger partial charge is 0.118 e. The molecule has 1 aliphatic heterocycles. The van der Waals surface area contributed by atoms with Gasteiger partial charge in [-0.1, -0.05) is 12.1 Å². The van der Waals surface area contributed by atoms with Gasteiger partial charge in [0.25, 0.3) is 0 Å². The van der Waals surface area contributed by atoms with Crippen molar-refractivity contribution in [3.63, 3.8) is 0 Å². The molecule has 1 aromatic rings. The maximum atomic E-state index is 5.87. The summed E-state index contributed by atoms with van der Waals surface area (Å²) in [6, 6.07) is 8.17. The molecule has 1 aliphatic rings. The highest BCUT2D eigenvalue weighted by Crippen LogP contribution is 2.34. The molecule has 0 radical (unpaired) electrons. The molecular weight excluding hydrogens is 242 g/mol. The summed E-state index contributed by atoms with van der Waals surface area (Å²) in [5.74, 6) is 1.42. The molecule has 0 aliphatic carbocycles. The van der Waals surface area contributed by atoms with Crippen molar-refractivity contribution in [2.45, 2.75) is 12.5 Å². The third kappa shape index (κ3) is 3.93. The zero-order valence-corrected chi connectivity index (χ0v) is 11.7. The van der Waals surface area contributed by atoms with Crippen molar-refractivity contribution in [1.29, 1.82) is 0 Å². The van der Waals surface area contributed by atoms with E-state index in [1.54, 1.807) is 14.2 Å². The van der Waals surface area contributed by atoms with Gasteiger partial charge >= 0.3 is 0 Å². The van der Waals surface area contributed by atoms with Gasteiger partial charge in [-0.05, 0) is 24.1 Å². The number of benzene rings is 1. The predicted octanol–water partition coefficient (Wildman–Crippen LogP) is 2.01. The van der Waals surface area contributed by atoms with Gasteiger partial charge < -0.3 is 19.5 Å². The van der Waals surface area contributed by atoms with Crippen molar-refractivity contribution >= 4 is 0 Å². The van der Waals surface area contributed by atoms with E-state index in [-0.39, 0.29) is 6.10 Å². The van der Waals surface area contributed by atoms with Crippen molar-refractivity contribution in [2.24, 2.45) is 5.92 Å². The first kappa shape index (κ1) is 14.3. The molecular formula is C15H23NO3. The molecule has 1 saturated heterocycles. The number of hydrogen-bond acceptors (Lipinski definition) is 4. The van der Waals surface area contributed by atoms with Crippen molar-refractivity contribution in [3.8, 4) is 5.75 Å². The summed E-state index contributed by atoms with van der Waals surface area (Å²) in [5.41, 5.74) is 1.23. The second-order valence-corrected chi connectivity index (χ2v) is 4.81. The van der Waals surface area contributed by atoms with Gasteiger partial charge in [0.2, 0.25) is 0 Å². The standard InChI is InChI=1S/C15H23NO3/c1-17-10-8-16-11-13-7-9-19-15(13)12-3-5-14(18-2)6-4-12/h3-6,13,15-16H,7-11H2,1-2H3. The molecule has 0 amide bonds. The Morgan fingerprint density at radius 2 is 2.05 bits per heavy atom. The van der Waals surface area contributed by atoms with Crippen LogP contribution in [0.1, 0.15) is 18.1 Å². The molecule has 0 saturated carbocycles. The van der Waals surface area contributed by atoms with E-state index in [2.05, 4.69) is 17.4 Å². The fourth-order valence-corrected chi connectivity index (χ4v) is 2.47. The topological polar surface area (TPSA) is 39.7 Å². The van der Waals surface area contributed by atoms with Gasteiger partial charge in [-0.15, -0.1) is 0 Å².